The van der Waals surface area contributed by atoms with Crippen LogP contribution in [0.4, 0.5) is 4.79 Å². The van der Waals surface area contributed by atoms with Crippen LogP contribution in [0.5, 0.6) is 0 Å². The van der Waals surface area contributed by atoms with Gasteiger partial charge < -0.3 is 14.6 Å². The average Bonchev–Trinajstić information content (AvgIpc) is 2.83. The topological polar surface area (TPSA) is 128 Å². The molecule has 0 bridgehead atoms. The molecular weight excluding hydrogens is 472 g/mol. The Kier molecular flexibility index (Phi) is 29.0. The van der Waals surface area contributed by atoms with Crippen LogP contribution in [0.15, 0.2) is 0 Å². The summed E-state index contributed by atoms with van der Waals surface area (Å²) in [5, 5.41) is 10.8. The maximum absolute atomic E-state index is 11.6. The molecule has 0 heterocycles. The van der Waals surface area contributed by atoms with Gasteiger partial charge in [-0.2, -0.15) is 0 Å². The first-order valence-electron chi connectivity index (χ1n) is 14.9. The van der Waals surface area contributed by atoms with E-state index in [-0.39, 0.29) is 11.9 Å². The standard InChI is InChI=1S/C15H29NO4.C14H29NO2/c1-3-5-6-7-8-9-10-12-14(17)20-13(11-4-2)16-15(18)19;1-3-5-6-7-8-9-10-12-14(16)17-13(15)11-4-2/h13,16H,3-12H2,1-2H3,(H,18,19);13H,3-12,15H2,1-2H3. The molecule has 0 saturated carbocycles. The second kappa shape index (κ2) is 28.7. The molecule has 0 aliphatic heterocycles. The third-order valence-electron chi connectivity index (χ3n) is 5.93. The fourth-order valence-electron chi connectivity index (χ4n) is 3.80. The number of nitrogens with two attached hydrogens (primary N) is 1. The summed E-state index contributed by atoms with van der Waals surface area (Å²) < 4.78 is 10.2. The molecule has 0 aliphatic rings. The van der Waals surface area contributed by atoms with Gasteiger partial charge in [0.15, 0.2) is 12.5 Å². The summed E-state index contributed by atoms with van der Waals surface area (Å²) in [5.74, 6) is -0.453. The number of nitrogens with one attached hydrogen (secondary N) is 1. The van der Waals surface area contributed by atoms with Crippen LogP contribution in [0.1, 0.15) is 156 Å². The lowest BCUT2D eigenvalue weighted by Crippen LogP contribution is -2.37. The van der Waals surface area contributed by atoms with Gasteiger partial charge in [0, 0.05) is 19.3 Å². The largest absolute Gasteiger partial charge is 0.465 e. The van der Waals surface area contributed by atoms with Gasteiger partial charge in [0.1, 0.15) is 0 Å². The first-order chi connectivity index (χ1) is 17.8. The number of unbranched alkanes of at least 4 members (excludes halogenated alkanes) is 12. The number of carboxylic acid groups (broad SMARTS) is 1. The van der Waals surface area contributed by atoms with Crippen molar-refractivity contribution in [1.82, 2.24) is 5.32 Å². The van der Waals surface area contributed by atoms with Gasteiger partial charge in [-0.15, -0.1) is 0 Å². The highest BCUT2D eigenvalue weighted by atomic mass is 16.6. The van der Waals surface area contributed by atoms with Gasteiger partial charge in [0.05, 0.1) is 0 Å². The van der Waals surface area contributed by atoms with E-state index in [1.54, 1.807) is 0 Å². The van der Waals surface area contributed by atoms with Gasteiger partial charge in [0.25, 0.3) is 0 Å². The van der Waals surface area contributed by atoms with Gasteiger partial charge in [-0.25, -0.2) is 4.79 Å². The maximum atomic E-state index is 11.6. The predicted octanol–water partition coefficient (Wildman–Crippen LogP) is 7.82. The van der Waals surface area contributed by atoms with Crippen molar-refractivity contribution in [3.8, 4) is 0 Å². The summed E-state index contributed by atoms with van der Waals surface area (Å²) in [7, 11) is 0. The molecule has 2 unspecified atom stereocenters. The molecule has 0 aromatic carbocycles. The molecule has 1 amide bonds. The van der Waals surface area contributed by atoms with Crippen molar-refractivity contribution in [2.45, 2.75) is 169 Å². The van der Waals surface area contributed by atoms with E-state index >= 15 is 0 Å². The fraction of sp³-hybridized carbons (Fsp3) is 0.897. The highest BCUT2D eigenvalue weighted by molar-refractivity contribution is 5.70. The highest BCUT2D eigenvalue weighted by Gasteiger charge is 2.15. The maximum Gasteiger partial charge on any atom is 0.407 e. The van der Waals surface area contributed by atoms with E-state index in [2.05, 4.69) is 19.2 Å². The van der Waals surface area contributed by atoms with Crippen LogP contribution in [0, 0.1) is 0 Å². The molecular formula is C29H58N2O6. The first kappa shape index (κ1) is 37.3. The quantitative estimate of drug-likeness (QED) is 0.0697. The SMILES string of the molecule is CCCCCCCCCC(=O)OC(CCC)NC(=O)O.CCCCCCCCCC(=O)OC(N)CCC. The molecule has 0 aromatic rings. The van der Waals surface area contributed by atoms with E-state index < -0.39 is 18.5 Å². The van der Waals surface area contributed by atoms with Crippen LogP contribution < -0.4 is 11.1 Å². The lowest BCUT2D eigenvalue weighted by molar-refractivity contribution is -0.151. The molecule has 0 aliphatic carbocycles. The third-order valence-corrected chi connectivity index (χ3v) is 5.93. The predicted molar refractivity (Wildman–Crippen MR) is 150 cm³/mol. The van der Waals surface area contributed by atoms with Crippen molar-refractivity contribution in [3.05, 3.63) is 0 Å². The van der Waals surface area contributed by atoms with E-state index in [4.69, 9.17) is 20.3 Å². The van der Waals surface area contributed by atoms with Gasteiger partial charge in [-0.3, -0.25) is 20.6 Å². The lowest BCUT2D eigenvalue weighted by Gasteiger charge is -2.16. The molecule has 4 N–H and O–H groups in total. The minimum Gasteiger partial charge on any atom is -0.465 e. The van der Waals surface area contributed by atoms with Gasteiger partial charge >= 0.3 is 18.0 Å². The Morgan fingerprint density at radius 3 is 1.43 bits per heavy atom. The molecule has 220 valence electrons. The molecule has 2 atom stereocenters. The highest BCUT2D eigenvalue weighted by Crippen LogP contribution is 2.11. The summed E-state index contributed by atoms with van der Waals surface area (Å²) in [6.45, 7) is 8.36. The number of carbonyl (C=O) groups is 3. The number of ether oxygens (including phenoxy) is 2. The van der Waals surface area contributed by atoms with E-state index in [1.807, 2.05) is 13.8 Å². The van der Waals surface area contributed by atoms with Crippen LogP contribution in [0.25, 0.3) is 0 Å². The Morgan fingerprint density at radius 2 is 1.03 bits per heavy atom. The van der Waals surface area contributed by atoms with Crippen LogP contribution in [0.2, 0.25) is 0 Å². The average molecular weight is 531 g/mol. The van der Waals surface area contributed by atoms with Crippen LogP contribution in [0.3, 0.4) is 0 Å². The zero-order valence-electron chi connectivity index (χ0n) is 24.4. The Bertz CT molecular complexity index is 544. The van der Waals surface area contributed by atoms with Crippen molar-refractivity contribution < 1.29 is 29.0 Å². The Balaban J connectivity index is 0. The van der Waals surface area contributed by atoms with Crippen molar-refractivity contribution in [2.24, 2.45) is 5.73 Å². The molecule has 0 spiro atoms. The van der Waals surface area contributed by atoms with E-state index in [9.17, 15) is 14.4 Å². The zero-order valence-corrected chi connectivity index (χ0v) is 24.4. The second-order valence-corrected chi connectivity index (χ2v) is 9.78. The monoisotopic (exact) mass is 530 g/mol. The number of carbonyl (C=O) groups excluding carboxylic acids is 2. The smallest absolute Gasteiger partial charge is 0.407 e. The van der Waals surface area contributed by atoms with Crippen LogP contribution in [-0.2, 0) is 19.1 Å². The Labute approximate surface area is 226 Å². The Morgan fingerprint density at radius 1 is 0.622 bits per heavy atom. The van der Waals surface area contributed by atoms with Crippen molar-refractivity contribution in [2.75, 3.05) is 0 Å². The molecule has 0 aromatic heterocycles. The van der Waals surface area contributed by atoms with Gasteiger partial charge in [-0.1, -0.05) is 118 Å². The number of esters is 2. The number of hydrogen-bond acceptors (Lipinski definition) is 6. The zero-order chi connectivity index (χ0) is 28.2. The summed E-state index contributed by atoms with van der Waals surface area (Å²) in [6.07, 6.45) is 18.1. The summed E-state index contributed by atoms with van der Waals surface area (Å²) >= 11 is 0. The van der Waals surface area contributed by atoms with E-state index in [0.717, 1.165) is 51.4 Å². The van der Waals surface area contributed by atoms with E-state index in [0.29, 0.717) is 19.3 Å². The van der Waals surface area contributed by atoms with Crippen molar-refractivity contribution >= 4 is 18.0 Å². The van der Waals surface area contributed by atoms with Crippen molar-refractivity contribution in [3.63, 3.8) is 0 Å². The lowest BCUT2D eigenvalue weighted by atomic mass is 10.1. The first-order valence-corrected chi connectivity index (χ1v) is 14.9. The summed E-state index contributed by atoms with van der Waals surface area (Å²) in [4.78, 5) is 33.5. The molecule has 0 rings (SSSR count). The van der Waals surface area contributed by atoms with Gasteiger partial charge in [0.2, 0.25) is 0 Å². The minimum atomic E-state index is -1.16. The third kappa shape index (κ3) is 30.3. The number of hydrogen-bond donors (Lipinski definition) is 3. The Hall–Kier alpha value is -1.83. The number of rotatable bonds is 23. The summed E-state index contributed by atoms with van der Waals surface area (Å²) in [5.41, 5.74) is 5.63. The molecule has 8 nitrogen and oxygen atoms in total. The minimum absolute atomic E-state index is 0.139. The molecule has 37 heavy (non-hydrogen) atoms. The fourth-order valence-corrected chi connectivity index (χ4v) is 3.80. The van der Waals surface area contributed by atoms with Crippen LogP contribution >= 0.6 is 0 Å². The van der Waals surface area contributed by atoms with Gasteiger partial charge in [-0.05, 0) is 19.3 Å². The summed E-state index contributed by atoms with van der Waals surface area (Å²) in [6, 6.07) is 0. The molecule has 0 fully saturated rings. The number of amides is 1. The molecule has 0 saturated heterocycles. The van der Waals surface area contributed by atoms with Crippen molar-refractivity contribution in [1.29, 1.82) is 0 Å². The second-order valence-electron chi connectivity index (χ2n) is 9.78. The van der Waals surface area contributed by atoms with Crippen LogP contribution in [-0.4, -0.2) is 35.6 Å². The van der Waals surface area contributed by atoms with E-state index in [1.165, 1.54) is 57.8 Å². The normalized spacial score (nSPS) is 12.1. The molecule has 0 radical (unpaired) electrons. The molecule has 8 heteroatoms.